The molecule has 0 fully saturated rings. The average Bonchev–Trinajstić information content (AvgIpc) is 2.77. The zero-order valence-corrected chi connectivity index (χ0v) is 10.8. The Balaban J connectivity index is 1.99. The van der Waals surface area contributed by atoms with E-state index in [-0.39, 0.29) is 5.82 Å². The Morgan fingerprint density at radius 2 is 1.95 bits per heavy atom. The second-order valence-electron chi connectivity index (χ2n) is 4.64. The van der Waals surface area contributed by atoms with Gasteiger partial charge in [-0.25, -0.2) is 9.37 Å². The molecule has 0 unspecified atom stereocenters. The van der Waals surface area contributed by atoms with E-state index in [1.165, 1.54) is 12.1 Å². The molecule has 3 aromatic rings. The highest BCUT2D eigenvalue weighted by Crippen LogP contribution is 2.23. The first-order valence-electron chi connectivity index (χ1n) is 6.12. The molecule has 0 atom stereocenters. The van der Waals surface area contributed by atoms with E-state index in [0.717, 1.165) is 27.8 Å². The highest BCUT2D eigenvalue weighted by molar-refractivity contribution is 5.81. The summed E-state index contributed by atoms with van der Waals surface area (Å²) in [6, 6.07) is 10.6. The second-order valence-corrected chi connectivity index (χ2v) is 4.64. The minimum Gasteiger partial charge on any atom is -0.326 e. The molecule has 1 heterocycles. The van der Waals surface area contributed by atoms with Crippen LogP contribution in [0.1, 0.15) is 11.1 Å². The highest BCUT2D eigenvalue weighted by atomic mass is 19.1. The van der Waals surface area contributed by atoms with Gasteiger partial charge >= 0.3 is 0 Å². The summed E-state index contributed by atoms with van der Waals surface area (Å²) < 4.78 is 13.1. The average molecular weight is 255 g/mol. The summed E-state index contributed by atoms with van der Waals surface area (Å²) in [6.07, 6.45) is 0. The number of H-pyrrole nitrogens is 1. The van der Waals surface area contributed by atoms with E-state index in [0.29, 0.717) is 5.95 Å². The third-order valence-electron chi connectivity index (χ3n) is 3.16. The summed E-state index contributed by atoms with van der Waals surface area (Å²) in [5.41, 5.74) is 4.75. The van der Waals surface area contributed by atoms with Crippen LogP contribution in [0.5, 0.6) is 0 Å². The largest absolute Gasteiger partial charge is 0.326 e. The van der Waals surface area contributed by atoms with Crippen molar-refractivity contribution in [3.05, 3.63) is 53.3 Å². The van der Waals surface area contributed by atoms with Crippen LogP contribution < -0.4 is 5.32 Å². The van der Waals surface area contributed by atoms with Crippen LogP contribution in [0.15, 0.2) is 36.4 Å². The Labute approximate surface area is 110 Å². The summed E-state index contributed by atoms with van der Waals surface area (Å²) in [7, 11) is 0. The number of imidazole rings is 1. The van der Waals surface area contributed by atoms with Gasteiger partial charge in [-0.1, -0.05) is 12.1 Å². The van der Waals surface area contributed by atoms with E-state index in [4.69, 9.17) is 0 Å². The number of benzene rings is 2. The monoisotopic (exact) mass is 255 g/mol. The van der Waals surface area contributed by atoms with Crippen LogP contribution in [0.3, 0.4) is 0 Å². The fourth-order valence-corrected chi connectivity index (χ4v) is 2.13. The number of para-hydroxylation sites is 1. The van der Waals surface area contributed by atoms with Gasteiger partial charge in [-0.05, 0) is 49.2 Å². The van der Waals surface area contributed by atoms with Gasteiger partial charge in [0, 0.05) is 5.69 Å². The van der Waals surface area contributed by atoms with Crippen LogP contribution in [0, 0.1) is 19.7 Å². The maximum atomic E-state index is 13.1. The van der Waals surface area contributed by atoms with E-state index in [2.05, 4.69) is 15.3 Å². The lowest BCUT2D eigenvalue weighted by Gasteiger charge is -2.06. The number of nitrogens with zero attached hydrogens (tertiary/aromatic N) is 1. The molecular formula is C15H14FN3. The van der Waals surface area contributed by atoms with Crippen LogP contribution in [-0.2, 0) is 0 Å². The molecule has 19 heavy (non-hydrogen) atoms. The lowest BCUT2D eigenvalue weighted by atomic mass is 10.2. The predicted molar refractivity (Wildman–Crippen MR) is 75.3 cm³/mol. The van der Waals surface area contributed by atoms with Crippen molar-refractivity contribution >= 4 is 22.7 Å². The normalized spacial score (nSPS) is 10.9. The van der Waals surface area contributed by atoms with Crippen molar-refractivity contribution in [2.24, 2.45) is 0 Å². The van der Waals surface area contributed by atoms with Crippen LogP contribution in [-0.4, -0.2) is 9.97 Å². The summed E-state index contributed by atoms with van der Waals surface area (Å²) in [4.78, 5) is 7.72. The molecule has 0 saturated carbocycles. The topological polar surface area (TPSA) is 40.7 Å². The van der Waals surface area contributed by atoms with Gasteiger partial charge in [0.05, 0.1) is 11.0 Å². The van der Waals surface area contributed by atoms with E-state index in [1.807, 2.05) is 32.0 Å². The summed E-state index contributed by atoms with van der Waals surface area (Å²) in [5, 5.41) is 3.18. The Morgan fingerprint density at radius 3 is 2.68 bits per heavy atom. The van der Waals surface area contributed by atoms with Crippen LogP contribution in [0.25, 0.3) is 11.0 Å². The van der Waals surface area contributed by atoms with Crippen LogP contribution in [0.4, 0.5) is 16.0 Å². The molecular weight excluding hydrogens is 241 g/mol. The summed E-state index contributed by atoms with van der Waals surface area (Å²) in [6.45, 7) is 3.88. The van der Waals surface area contributed by atoms with Gasteiger partial charge in [0.15, 0.2) is 0 Å². The number of halogens is 1. The van der Waals surface area contributed by atoms with Crippen molar-refractivity contribution in [3.63, 3.8) is 0 Å². The van der Waals surface area contributed by atoms with Gasteiger partial charge < -0.3 is 10.3 Å². The minimum absolute atomic E-state index is 0.233. The molecule has 0 amide bonds. The Kier molecular flexibility index (Phi) is 2.71. The SMILES string of the molecule is Cc1cc(F)ccc1Nc1nc2c(C)cccc2[nH]1. The first kappa shape index (κ1) is 11.7. The second kappa shape index (κ2) is 4.39. The zero-order chi connectivity index (χ0) is 13.4. The maximum Gasteiger partial charge on any atom is 0.205 e. The molecule has 0 aliphatic carbocycles. The zero-order valence-electron chi connectivity index (χ0n) is 10.8. The first-order valence-corrected chi connectivity index (χ1v) is 6.12. The van der Waals surface area contributed by atoms with Gasteiger partial charge in [-0.2, -0.15) is 0 Å². The molecule has 4 heteroatoms. The number of anilines is 2. The Bertz CT molecular complexity index is 746. The van der Waals surface area contributed by atoms with Gasteiger partial charge in [-0.15, -0.1) is 0 Å². The molecule has 0 bridgehead atoms. The third kappa shape index (κ3) is 2.17. The lowest BCUT2D eigenvalue weighted by Crippen LogP contribution is -1.95. The van der Waals surface area contributed by atoms with E-state index in [1.54, 1.807) is 6.07 Å². The Morgan fingerprint density at radius 1 is 1.11 bits per heavy atom. The van der Waals surface area contributed by atoms with Crippen molar-refractivity contribution in [1.82, 2.24) is 9.97 Å². The lowest BCUT2D eigenvalue weighted by molar-refractivity contribution is 0.627. The van der Waals surface area contributed by atoms with E-state index < -0.39 is 0 Å². The number of fused-ring (bicyclic) bond motifs is 1. The van der Waals surface area contributed by atoms with Gasteiger partial charge in [0.2, 0.25) is 5.95 Å². The first-order chi connectivity index (χ1) is 9.13. The van der Waals surface area contributed by atoms with Crippen molar-refractivity contribution in [1.29, 1.82) is 0 Å². The summed E-state index contributed by atoms with van der Waals surface area (Å²) >= 11 is 0. The van der Waals surface area contributed by atoms with Crippen molar-refractivity contribution in [2.45, 2.75) is 13.8 Å². The Hall–Kier alpha value is -2.36. The van der Waals surface area contributed by atoms with Gasteiger partial charge in [0.25, 0.3) is 0 Å². The predicted octanol–water partition coefficient (Wildman–Crippen LogP) is 4.06. The van der Waals surface area contributed by atoms with Crippen LogP contribution in [0.2, 0.25) is 0 Å². The maximum absolute atomic E-state index is 13.1. The molecule has 96 valence electrons. The van der Waals surface area contributed by atoms with E-state index >= 15 is 0 Å². The van der Waals surface area contributed by atoms with E-state index in [9.17, 15) is 4.39 Å². The molecule has 0 spiro atoms. The number of hydrogen-bond acceptors (Lipinski definition) is 2. The molecule has 1 aromatic heterocycles. The number of hydrogen-bond donors (Lipinski definition) is 2. The quantitative estimate of drug-likeness (QED) is 0.725. The van der Waals surface area contributed by atoms with Crippen molar-refractivity contribution in [2.75, 3.05) is 5.32 Å². The number of aromatic amines is 1. The number of rotatable bonds is 2. The smallest absolute Gasteiger partial charge is 0.205 e. The van der Waals surface area contributed by atoms with Gasteiger partial charge in [-0.3, -0.25) is 0 Å². The standard InChI is InChI=1S/C15H14FN3/c1-9-4-3-5-13-14(9)19-15(18-13)17-12-7-6-11(16)8-10(12)2/h3-8H,1-2H3,(H2,17,18,19). The molecule has 3 nitrogen and oxygen atoms in total. The van der Waals surface area contributed by atoms with Crippen LogP contribution >= 0.6 is 0 Å². The summed E-state index contributed by atoms with van der Waals surface area (Å²) in [5.74, 6) is 0.433. The molecule has 0 aliphatic rings. The molecule has 2 aromatic carbocycles. The highest BCUT2D eigenvalue weighted by Gasteiger charge is 2.06. The fourth-order valence-electron chi connectivity index (χ4n) is 2.13. The van der Waals surface area contributed by atoms with Crippen molar-refractivity contribution in [3.8, 4) is 0 Å². The number of aromatic nitrogens is 2. The third-order valence-corrected chi connectivity index (χ3v) is 3.16. The van der Waals surface area contributed by atoms with Gasteiger partial charge in [0.1, 0.15) is 5.82 Å². The fraction of sp³-hybridized carbons (Fsp3) is 0.133. The minimum atomic E-state index is -0.233. The molecule has 0 radical (unpaired) electrons. The number of aryl methyl sites for hydroxylation is 2. The molecule has 2 N–H and O–H groups in total. The van der Waals surface area contributed by atoms with Crippen molar-refractivity contribution < 1.29 is 4.39 Å². The molecule has 0 aliphatic heterocycles. The number of nitrogens with one attached hydrogen (secondary N) is 2. The molecule has 3 rings (SSSR count). The molecule has 0 saturated heterocycles.